The number of carbonyl (C=O) groups excluding carboxylic acids is 2. The maximum Gasteiger partial charge on any atom is 0.252 e. The number of hydrogen-bond acceptors (Lipinski definition) is 5. The van der Waals surface area contributed by atoms with Gasteiger partial charge in [-0.15, -0.1) is 0 Å². The van der Waals surface area contributed by atoms with Crippen molar-refractivity contribution in [1.82, 2.24) is 5.16 Å². The zero-order valence-electron chi connectivity index (χ0n) is 16.1. The molecular weight excluding hydrogens is 368 g/mol. The molecule has 1 fully saturated rings. The third-order valence-electron chi connectivity index (χ3n) is 4.84. The second kappa shape index (κ2) is 8.18. The van der Waals surface area contributed by atoms with Crippen LogP contribution < -0.4 is 15.5 Å². The number of nitrogens with one attached hydrogen (secondary N) is 2. The minimum Gasteiger partial charge on any atom is -0.370 e. The third-order valence-corrected chi connectivity index (χ3v) is 4.84. The molecule has 1 aliphatic heterocycles. The lowest BCUT2D eigenvalue weighted by Gasteiger charge is -2.20. The first-order valence-electron chi connectivity index (χ1n) is 9.56. The molecule has 1 saturated heterocycles. The van der Waals surface area contributed by atoms with E-state index in [2.05, 4.69) is 15.8 Å². The molecule has 29 heavy (non-hydrogen) atoms. The van der Waals surface area contributed by atoms with Crippen LogP contribution in [-0.4, -0.2) is 23.5 Å². The van der Waals surface area contributed by atoms with Crippen molar-refractivity contribution in [3.05, 3.63) is 72.0 Å². The highest BCUT2D eigenvalue weighted by atomic mass is 16.5. The fourth-order valence-corrected chi connectivity index (χ4v) is 3.39. The van der Waals surface area contributed by atoms with Gasteiger partial charge in [0.25, 0.3) is 5.91 Å². The normalized spacial score (nSPS) is 14.7. The highest BCUT2D eigenvalue weighted by Gasteiger charge is 2.23. The van der Waals surface area contributed by atoms with Crippen molar-refractivity contribution in [2.45, 2.75) is 25.8 Å². The van der Waals surface area contributed by atoms with Crippen LogP contribution in [0.15, 0.2) is 65.2 Å². The molecule has 1 atom stereocenters. The summed E-state index contributed by atoms with van der Waals surface area (Å²) >= 11 is 0. The van der Waals surface area contributed by atoms with Gasteiger partial charge < -0.3 is 20.1 Å². The van der Waals surface area contributed by atoms with Gasteiger partial charge in [-0.2, -0.15) is 0 Å². The van der Waals surface area contributed by atoms with Gasteiger partial charge in [-0.1, -0.05) is 35.5 Å². The summed E-state index contributed by atoms with van der Waals surface area (Å²) < 4.78 is 5.02. The molecule has 1 aromatic heterocycles. The first-order valence-corrected chi connectivity index (χ1v) is 9.56. The molecule has 0 aliphatic carbocycles. The first-order chi connectivity index (χ1) is 14.1. The number of anilines is 3. The Morgan fingerprint density at radius 2 is 1.90 bits per heavy atom. The average Bonchev–Trinajstić information content (AvgIpc) is 3.35. The molecule has 0 bridgehead atoms. The molecule has 0 saturated carbocycles. The van der Waals surface area contributed by atoms with E-state index in [4.69, 9.17) is 4.52 Å². The molecule has 7 heteroatoms. The molecule has 0 spiro atoms. The Bertz CT molecular complexity index is 998. The molecule has 0 radical (unpaired) electrons. The summed E-state index contributed by atoms with van der Waals surface area (Å²) in [6.07, 6.45) is 1.48. The van der Waals surface area contributed by atoms with Gasteiger partial charge in [0.2, 0.25) is 5.91 Å². The first kappa shape index (κ1) is 18.7. The molecule has 2 N–H and O–H groups in total. The zero-order chi connectivity index (χ0) is 20.2. The lowest BCUT2D eigenvalue weighted by molar-refractivity contribution is -0.117. The molecule has 2 amide bonds. The van der Waals surface area contributed by atoms with Crippen molar-refractivity contribution >= 4 is 29.0 Å². The lowest BCUT2D eigenvalue weighted by Crippen LogP contribution is -2.27. The molecule has 0 unspecified atom stereocenters. The summed E-state index contributed by atoms with van der Waals surface area (Å²) in [5.74, 6) is 0.896. The van der Waals surface area contributed by atoms with Crippen molar-refractivity contribution in [3.8, 4) is 0 Å². The van der Waals surface area contributed by atoms with E-state index in [1.807, 2.05) is 54.6 Å². The van der Waals surface area contributed by atoms with Gasteiger partial charge in [0, 0.05) is 30.4 Å². The summed E-state index contributed by atoms with van der Waals surface area (Å²) in [4.78, 5) is 26.7. The van der Waals surface area contributed by atoms with Crippen LogP contribution in [-0.2, 0) is 9.59 Å². The van der Waals surface area contributed by atoms with E-state index < -0.39 is 6.04 Å². The van der Waals surface area contributed by atoms with Crippen LogP contribution in [0.5, 0.6) is 0 Å². The second-order valence-corrected chi connectivity index (χ2v) is 7.00. The van der Waals surface area contributed by atoms with Crippen molar-refractivity contribution in [2.75, 3.05) is 22.1 Å². The van der Waals surface area contributed by atoms with Gasteiger partial charge in [-0.05, 0) is 43.2 Å². The van der Waals surface area contributed by atoms with E-state index in [0.717, 1.165) is 29.9 Å². The fourth-order valence-electron chi connectivity index (χ4n) is 3.39. The van der Waals surface area contributed by atoms with Crippen LogP contribution in [0.1, 0.15) is 30.2 Å². The highest BCUT2D eigenvalue weighted by molar-refractivity contribution is 5.97. The molecule has 7 nitrogen and oxygen atoms in total. The topological polar surface area (TPSA) is 87.5 Å². The number of benzene rings is 2. The molecule has 148 valence electrons. The number of carbonyl (C=O) groups is 2. The van der Waals surface area contributed by atoms with Crippen molar-refractivity contribution in [1.29, 1.82) is 0 Å². The van der Waals surface area contributed by atoms with Gasteiger partial charge >= 0.3 is 0 Å². The Kier molecular flexibility index (Phi) is 5.29. The number of hydrogen-bond donors (Lipinski definition) is 2. The Balaban J connectivity index is 1.53. The second-order valence-electron chi connectivity index (χ2n) is 7.00. The van der Waals surface area contributed by atoms with E-state index in [0.29, 0.717) is 18.0 Å². The Morgan fingerprint density at radius 3 is 2.52 bits per heavy atom. The molecular formula is C22H22N4O3. The Labute approximate surface area is 168 Å². The van der Waals surface area contributed by atoms with E-state index in [9.17, 15) is 9.59 Å². The van der Waals surface area contributed by atoms with Gasteiger partial charge in [-0.25, -0.2) is 0 Å². The monoisotopic (exact) mass is 390 g/mol. The number of nitrogens with zero attached hydrogens (tertiary/aromatic N) is 2. The minimum absolute atomic E-state index is 0.148. The minimum atomic E-state index is -0.618. The van der Waals surface area contributed by atoms with Crippen molar-refractivity contribution in [2.24, 2.45) is 0 Å². The standard InChI is InChI=1S/C22H22N4O3/c1-15-14-19(25-29-15)24-22(28)21(16-6-3-2-4-7-16)23-17-9-11-18(12-10-17)26-13-5-8-20(26)27/h2-4,6-7,9-12,14,21,23H,5,8,13H2,1H3,(H,24,25,28)/t21-/m1/s1. The summed E-state index contributed by atoms with van der Waals surface area (Å²) in [7, 11) is 0. The number of rotatable bonds is 6. The highest BCUT2D eigenvalue weighted by Crippen LogP contribution is 2.26. The van der Waals surface area contributed by atoms with Gasteiger partial charge in [-0.3, -0.25) is 9.59 Å². The van der Waals surface area contributed by atoms with Crippen LogP contribution in [0.4, 0.5) is 17.2 Å². The number of amides is 2. The Hall–Kier alpha value is -3.61. The maximum absolute atomic E-state index is 12.9. The van der Waals surface area contributed by atoms with E-state index in [1.165, 1.54) is 0 Å². The van der Waals surface area contributed by atoms with Gasteiger partial charge in [0.05, 0.1) is 0 Å². The summed E-state index contributed by atoms with van der Waals surface area (Å²) in [5, 5.41) is 9.89. The molecule has 1 aliphatic rings. The summed E-state index contributed by atoms with van der Waals surface area (Å²) in [6.45, 7) is 2.51. The van der Waals surface area contributed by atoms with E-state index >= 15 is 0 Å². The van der Waals surface area contributed by atoms with Crippen LogP contribution >= 0.6 is 0 Å². The fraction of sp³-hybridized carbons (Fsp3) is 0.227. The van der Waals surface area contributed by atoms with Gasteiger partial charge in [0.1, 0.15) is 11.8 Å². The van der Waals surface area contributed by atoms with Crippen LogP contribution in [0, 0.1) is 6.92 Å². The van der Waals surface area contributed by atoms with Crippen LogP contribution in [0.2, 0.25) is 0 Å². The largest absolute Gasteiger partial charge is 0.370 e. The maximum atomic E-state index is 12.9. The smallest absolute Gasteiger partial charge is 0.252 e. The zero-order valence-corrected chi connectivity index (χ0v) is 16.1. The SMILES string of the molecule is Cc1cc(NC(=O)[C@H](Nc2ccc(N3CCCC3=O)cc2)c2ccccc2)no1. The van der Waals surface area contributed by atoms with Crippen LogP contribution in [0.3, 0.4) is 0 Å². The van der Waals surface area contributed by atoms with Crippen molar-refractivity contribution < 1.29 is 14.1 Å². The third kappa shape index (κ3) is 4.29. The van der Waals surface area contributed by atoms with E-state index in [1.54, 1.807) is 17.9 Å². The number of aromatic nitrogens is 1. The molecule has 2 aromatic carbocycles. The summed E-state index contributed by atoms with van der Waals surface area (Å²) in [6, 6.07) is 18.1. The lowest BCUT2D eigenvalue weighted by atomic mass is 10.1. The van der Waals surface area contributed by atoms with Crippen LogP contribution in [0.25, 0.3) is 0 Å². The molecule has 2 heterocycles. The Morgan fingerprint density at radius 1 is 1.14 bits per heavy atom. The van der Waals surface area contributed by atoms with Gasteiger partial charge in [0.15, 0.2) is 5.82 Å². The molecule has 4 rings (SSSR count). The predicted molar refractivity (Wildman–Crippen MR) is 111 cm³/mol. The van der Waals surface area contributed by atoms with Crippen molar-refractivity contribution in [3.63, 3.8) is 0 Å². The quantitative estimate of drug-likeness (QED) is 0.666. The predicted octanol–water partition coefficient (Wildman–Crippen LogP) is 3.90. The average molecular weight is 390 g/mol. The number of aryl methyl sites for hydroxylation is 1. The summed E-state index contributed by atoms with van der Waals surface area (Å²) in [5.41, 5.74) is 2.47. The van der Waals surface area contributed by atoms with E-state index in [-0.39, 0.29) is 11.8 Å². The molecule has 3 aromatic rings.